The molecule has 0 bridgehead atoms. The molecule has 2 aromatic rings. The van der Waals surface area contributed by atoms with E-state index in [0.717, 1.165) is 13.8 Å². The Balaban J connectivity index is 2.04. The van der Waals surface area contributed by atoms with Crippen LogP contribution >= 0.6 is 0 Å². The summed E-state index contributed by atoms with van der Waals surface area (Å²) in [5.74, 6) is 0. The zero-order valence-corrected chi connectivity index (χ0v) is 15.8. The third-order valence-electron chi connectivity index (χ3n) is 5.03. The van der Waals surface area contributed by atoms with Crippen molar-refractivity contribution in [3.05, 3.63) is 59.7 Å². The van der Waals surface area contributed by atoms with Crippen LogP contribution < -0.4 is 8.92 Å². The molecule has 2 aliphatic rings. The van der Waals surface area contributed by atoms with Crippen molar-refractivity contribution in [3.63, 3.8) is 0 Å². The Hall–Kier alpha value is -1.54. The Morgan fingerprint density at radius 2 is 1.00 bits per heavy atom. The molecule has 1 spiro atoms. The molecule has 0 amide bonds. The molecule has 146 valence electrons. The van der Waals surface area contributed by atoms with E-state index >= 15 is 0 Å². The first-order chi connectivity index (χ1) is 12.4. The van der Waals surface area contributed by atoms with Gasteiger partial charge in [0.15, 0.2) is 0 Å². The van der Waals surface area contributed by atoms with Crippen LogP contribution in [0.2, 0.25) is 0 Å². The van der Waals surface area contributed by atoms with Gasteiger partial charge in [0.05, 0.1) is 0 Å². The molecular weight excluding hydrogens is 441 g/mol. The summed E-state index contributed by atoms with van der Waals surface area (Å²) in [5.41, 5.74) is -5.88. The van der Waals surface area contributed by atoms with Gasteiger partial charge >= 0.3 is 153 Å². The summed E-state index contributed by atoms with van der Waals surface area (Å²) >= 11 is -4.48. The third-order valence-corrected chi connectivity index (χ3v) is 11.3. The zero-order chi connectivity index (χ0) is 19.9. The molecule has 0 aliphatic carbocycles. The van der Waals surface area contributed by atoms with Gasteiger partial charge in [-0.05, 0) is 0 Å². The van der Waals surface area contributed by atoms with E-state index in [-0.39, 0.29) is 20.1 Å². The number of alkyl halides is 6. The first-order valence-electron chi connectivity index (χ1n) is 7.94. The average molecular weight is 455 g/mol. The van der Waals surface area contributed by atoms with Crippen molar-refractivity contribution in [1.29, 1.82) is 0 Å². The predicted molar refractivity (Wildman–Crippen MR) is 86.9 cm³/mol. The summed E-state index contributed by atoms with van der Waals surface area (Å²) in [6.07, 6.45) is -9.64. The van der Waals surface area contributed by atoms with Crippen LogP contribution in [-0.2, 0) is 18.8 Å². The maximum atomic E-state index is 13.9. The van der Waals surface area contributed by atoms with Gasteiger partial charge in [0.2, 0.25) is 0 Å². The van der Waals surface area contributed by atoms with Crippen LogP contribution in [0.1, 0.15) is 25.0 Å². The van der Waals surface area contributed by atoms with Crippen molar-refractivity contribution in [2.75, 3.05) is 0 Å². The number of rotatable bonds is 0. The fourth-order valence-corrected chi connectivity index (χ4v) is 10.9. The predicted octanol–water partition coefficient (Wildman–Crippen LogP) is 3.86. The van der Waals surface area contributed by atoms with Crippen molar-refractivity contribution in [1.82, 2.24) is 0 Å². The van der Waals surface area contributed by atoms with Crippen LogP contribution in [0.3, 0.4) is 0 Å². The summed E-state index contributed by atoms with van der Waals surface area (Å²) in [5, 5.41) is 0. The van der Waals surface area contributed by atoms with Crippen molar-refractivity contribution < 1.29 is 34.0 Å². The molecule has 4 rings (SSSR count). The molecule has 2 heterocycles. The second-order valence-electron chi connectivity index (χ2n) is 6.72. The van der Waals surface area contributed by atoms with E-state index in [1.54, 1.807) is 0 Å². The maximum absolute atomic E-state index is 13.9. The molecule has 2 nitrogen and oxygen atoms in total. The Labute approximate surface area is 154 Å². The van der Waals surface area contributed by atoms with E-state index in [4.69, 9.17) is 7.64 Å². The third kappa shape index (κ3) is 2.23. The van der Waals surface area contributed by atoms with Gasteiger partial charge in [0.1, 0.15) is 0 Å². The van der Waals surface area contributed by atoms with Gasteiger partial charge in [0, 0.05) is 0 Å². The van der Waals surface area contributed by atoms with E-state index < -0.39 is 37.1 Å². The van der Waals surface area contributed by atoms with E-state index in [9.17, 15) is 26.3 Å². The van der Waals surface area contributed by atoms with Gasteiger partial charge in [0.25, 0.3) is 0 Å². The number of hydrogen-bond acceptors (Lipinski definition) is 2. The molecule has 27 heavy (non-hydrogen) atoms. The summed E-state index contributed by atoms with van der Waals surface area (Å²) < 4.78 is 94.6. The quantitative estimate of drug-likeness (QED) is 0.444. The molecule has 0 saturated heterocycles. The van der Waals surface area contributed by atoms with Crippen molar-refractivity contribution >= 4 is 22.4 Å². The van der Waals surface area contributed by atoms with E-state index in [0.29, 0.717) is 0 Å². The first kappa shape index (κ1) is 18.8. The molecule has 9 heteroatoms. The first-order valence-corrected chi connectivity index (χ1v) is 11.1. The van der Waals surface area contributed by atoms with Gasteiger partial charge in [-0.2, -0.15) is 0 Å². The second kappa shape index (κ2) is 5.29. The fourth-order valence-electron chi connectivity index (χ4n) is 3.46. The topological polar surface area (TPSA) is 18.5 Å². The van der Waals surface area contributed by atoms with E-state index in [2.05, 4.69) is 0 Å². The number of fused-ring (bicyclic) bond motifs is 4. The standard InChI is InChI=1S/C18H14F6O2Se/c1-15(17(19,20)21)11-7-3-5-9-13(11)27(25-15)14-10-6-4-8-12(14)16(2,26-27)18(22,23)24/h3-10H,1-2H3. The van der Waals surface area contributed by atoms with Crippen LogP contribution in [0.5, 0.6) is 0 Å². The van der Waals surface area contributed by atoms with Crippen LogP contribution in [-0.4, -0.2) is 25.9 Å². The molecule has 2 aromatic carbocycles. The van der Waals surface area contributed by atoms with Crippen molar-refractivity contribution in [3.8, 4) is 0 Å². The molecule has 0 N–H and O–H groups in total. The van der Waals surface area contributed by atoms with Crippen molar-refractivity contribution in [2.24, 2.45) is 0 Å². The van der Waals surface area contributed by atoms with Gasteiger partial charge in [-0.25, -0.2) is 0 Å². The molecule has 0 saturated carbocycles. The van der Waals surface area contributed by atoms with Crippen LogP contribution in [0.25, 0.3) is 0 Å². The summed E-state index contributed by atoms with van der Waals surface area (Å²) in [6, 6.07) is 11.0. The average Bonchev–Trinajstić information content (AvgIpc) is 3.00. The molecule has 2 atom stereocenters. The normalized spacial score (nSPS) is 35.0. The monoisotopic (exact) mass is 456 g/mol. The van der Waals surface area contributed by atoms with Crippen molar-refractivity contribution in [2.45, 2.75) is 37.4 Å². The molecular formula is C18H14F6O2Se. The second-order valence-corrected chi connectivity index (χ2v) is 11.4. The Bertz CT molecular complexity index is 849. The molecule has 0 aromatic heterocycles. The molecule has 0 fully saturated rings. The van der Waals surface area contributed by atoms with Gasteiger partial charge in [-0.3, -0.25) is 0 Å². The Kier molecular flexibility index (Phi) is 3.68. The summed E-state index contributed by atoms with van der Waals surface area (Å²) in [7, 11) is 0. The number of hydrogen-bond donors (Lipinski definition) is 0. The Morgan fingerprint density at radius 1 is 0.667 bits per heavy atom. The SMILES string of the molecule is CC1(C(F)(F)F)O[Se]2(OC(C)(C(F)(F)F)c3ccccc32)c2ccccc21. The minimum absolute atomic E-state index is 0.0778. The van der Waals surface area contributed by atoms with Gasteiger partial charge in [-0.15, -0.1) is 0 Å². The molecule has 2 aliphatic heterocycles. The zero-order valence-electron chi connectivity index (χ0n) is 14.1. The number of benzene rings is 2. The summed E-state index contributed by atoms with van der Waals surface area (Å²) in [4.78, 5) is 0. The van der Waals surface area contributed by atoms with Gasteiger partial charge in [-0.1, -0.05) is 0 Å². The Morgan fingerprint density at radius 3 is 1.33 bits per heavy atom. The van der Waals surface area contributed by atoms with Crippen LogP contribution in [0, 0.1) is 0 Å². The summed E-state index contributed by atoms with van der Waals surface area (Å²) in [6.45, 7) is 1.68. The fraction of sp³-hybridized carbons (Fsp3) is 0.333. The van der Waals surface area contributed by atoms with Crippen LogP contribution in [0.15, 0.2) is 48.5 Å². The number of halogens is 6. The minimum atomic E-state index is -4.82. The van der Waals surface area contributed by atoms with Crippen LogP contribution in [0.4, 0.5) is 26.3 Å². The molecule has 0 radical (unpaired) electrons. The van der Waals surface area contributed by atoms with E-state index in [1.807, 2.05) is 0 Å². The van der Waals surface area contributed by atoms with E-state index in [1.165, 1.54) is 48.5 Å². The molecule has 2 unspecified atom stereocenters. The van der Waals surface area contributed by atoms with Gasteiger partial charge < -0.3 is 0 Å².